The maximum Gasteiger partial charge on any atom is 0.255 e. The fourth-order valence-corrected chi connectivity index (χ4v) is 3.21. The Balaban J connectivity index is 2.17. The Labute approximate surface area is 167 Å². The Morgan fingerprint density at radius 2 is 1.81 bits per heavy atom. The molecule has 2 aromatic carbocycles. The number of rotatable bonds is 6. The number of carbonyl (C=O) groups excluding carboxylic acids is 2. The number of hydrogen-bond acceptors (Lipinski definition) is 3. The molecule has 138 valence electrons. The second kappa shape index (κ2) is 9.02. The first kappa shape index (κ1) is 20.2. The third-order valence-electron chi connectivity index (χ3n) is 4.03. The van der Waals surface area contributed by atoms with Gasteiger partial charge < -0.3 is 15.4 Å². The first-order valence-electron chi connectivity index (χ1n) is 8.34. The van der Waals surface area contributed by atoms with Crippen LogP contribution in [-0.2, 0) is 4.79 Å². The van der Waals surface area contributed by atoms with E-state index in [0.717, 1.165) is 14.8 Å². The highest BCUT2D eigenvalue weighted by atomic mass is 127. The lowest BCUT2D eigenvalue weighted by Crippen LogP contribution is -2.47. The van der Waals surface area contributed by atoms with Gasteiger partial charge in [-0.1, -0.05) is 26.0 Å². The lowest BCUT2D eigenvalue weighted by molar-refractivity contribution is -0.118. The maximum absolute atomic E-state index is 12.8. The van der Waals surface area contributed by atoms with E-state index in [4.69, 9.17) is 4.74 Å². The predicted octanol–water partition coefficient (Wildman–Crippen LogP) is 4.00. The van der Waals surface area contributed by atoms with Crippen molar-refractivity contribution in [2.75, 3.05) is 12.4 Å². The number of nitrogens with one attached hydrogen (secondary N) is 2. The van der Waals surface area contributed by atoms with Crippen LogP contribution in [0.15, 0.2) is 42.5 Å². The Bertz CT molecular complexity index is 805. The zero-order valence-electron chi connectivity index (χ0n) is 15.3. The Kier molecular flexibility index (Phi) is 7.02. The number of methoxy groups -OCH3 is 1. The zero-order chi connectivity index (χ0) is 19.3. The van der Waals surface area contributed by atoms with Crippen molar-refractivity contribution in [2.45, 2.75) is 26.8 Å². The number of halogens is 1. The molecule has 0 aromatic heterocycles. The summed E-state index contributed by atoms with van der Waals surface area (Å²) < 4.78 is 6.33. The van der Waals surface area contributed by atoms with Crippen LogP contribution in [0.2, 0.25) is 0 Å². The summed E-state index contributed by atoms with van der Waals surface area (Å²) in [6.07, 6.45) is 0. The third kappa shape index (κ3) is 4.97. The van der Waals surface area contributed by atoms with Crippen LogP contribution in [0.5, 0.6) is 5.75 Å². The molecule has 0 radical (unpaired) electrons. The summed E-state index contributed by atoms with van der Waals surface area (Å²) in [7, 11) is 1.51. The topological polar surface area (TPSA) is 67.4 Å². The van der Waals surface area contributed by atoms with E-state index >= 15 is 0 Å². The smallest absolute Gasteiger partial charge is 0.255 e. The molecular formula is C20H23IN2O3. The van der Waals surface area contributed by atoms with Gasteiger partial charge in [-0.15, -0.1) is 0 Å². The van der Waals surface area contributed by atoms with Gasteiger partial charge in [0.25, 0.3) is 5.91 Å². The van der Waals surface area contributed by atoms with E-state index in [9.17, 15) is 9.59 Å². The molecule has 5 nitrogen and oxygen atoms in total. The van der Waals surface area contributed by atoms with Crippen LogP contribution >= 0.6 is 22.6 Å². The summed E-state index contributed by atoms with van der Waals surface area (Å²) in [4.78, 5) is 25.4. The summed E-state index contributed by atoms with van der Waals surface area (Å²) in [5.74, 6) is -0.178. The molecule has 0 spiro atoms. The first-order valence-corrected chi connectivity index (χ1v) is 9.42. The van der Waals surface area contributed by atoms with Crippen LogP contribution in [0, 0.1) is 16.4 Å². The molecule has 0 aliphatic heterocycles. The molecule has 0 saturated carbocycles. The molecule has 2 amide bonds. The maximum atomic E-state index is 12.8. The van der Waals surface area contributed by atoms with E-state index in [1.807, 2.05) is 39.0 Å². The van der Waals surface area contributed by atoms with E-state index in [0.29, 0.717) is 11.3 Å². The van der Waals surface area contributed by atoms with Gasteiger partial charge in [0, 0.05) is 9.26 Å². The van der Waals surface area contributed by atoms with Crippen molar-refractivity contribution in [1.29, 1.82) is 0 Å². The Morgan fingerprint density at radius 1 is 1.12 bits per heavy atom. The zero-order valence-corrected chi connectivity index (χ0v) is 17.5. The van der Waals surface area contributed by atoms with Crippen molar-refractivity contribution in [1.82, 2.24) is 5.32 Å². The van der Waals surface area contributed by atoms with Gasteiger partial charge in [-0.3, -0.25) is 9.59 Å². The van der Waals surface area contributed by atoms with E-state index in [1.54, 1.807) is 24.3 Å². The van der Waals surface area contributed by atoms with Gasteiger partial charge in [0.15, 0.2) is 0 Å². The summed E-state index contributed by atoms with van der Waals surface area (Å²) in [5, 5.41) is 5.74. The predicted molar refractivity (Wildman–Crippen MR) is 112 cm³/mol. The van der Waals surface area contributed by atoms with Crippen molar-refractivity contribution >= 4 is 40.1 Å². The monoisotopic (exact) mass is 466 g/mol. The number of amides is 2. The molecule has 0 fully saturated rings. The van der Waals surface area contributed by atoms with Crippen molar-refractivity contribution in [3.05, 3.63) is 57.2 Å². The molecule has 0 aliphatic rings. The van der Waals surface area contributed by atoms with Gasteiger partial charge in [0.2, 0.25) is 5.91 Å². The standard InChI is InChI=1S/C20H23IN2O3/c1-12(2)18(20(25)22-16-10-9-14(21)11-13(16)3)23-19(24)15-7-5-6-8-17(15)26-4/h5-12,18H,1-4H3,(H,22,25)(H,23,24)/t18-/m0/s1. The van der Waals surface area contributed by atoms with Crippen LogP contribution < -0.4 is 15.4 Å². The minimum absolute atomic E-state index is 0.0715. The van der Waals surface area contributed by atoms with Crippen molar-refractivity contribution in [3.63, 3.8) is 0 Å². The summed E-state index contributed by atoms with van der Waals surface area (Å²) in [5.41, 5.74) is 2.12. The van der Waals surface area contributed by atoms with Gasteiger partial charge in [-0.2, -0.15) is 0 Å². The second-order valence-electron chi connectivity index (χ2n) is 6.34. The SMILES string of the molecule is COc1ccccc1C(=O)N[C@H](C(=O)Nc1ccc(I)cc1C)C(C)C. The van der Waals surface area contributed by atoms with Crippen molar-refractivity contribution in [2.24, 2.45) is 5.92 Å². The average molecular weight is 466 g/mol. The van der Waals surface area contributed by atoms with Gasteiger partial charge in [0.05, 0.1) is 12.7 Å². The fourth-order valence-electron chi connectivity index (χ4n) is 2.56. The molecule has 0 aliphatic carbocycles. The quantitative estimate of drug-likeness (QED) is 0.633. The summed E-state index contributed by atoms with van der Waals surface area (Å²) in [6, 6.07) is 12.1. The molecule has 0 bridgehead atoms. The number of para-hydroxylation sites is 1. The van der Waals surface area contributed by atoms with Crippen molar-refractivity contribution in [3.8, 4) is 5.75 Å². The van der Waals surface area contributed by atoms with Crippen molar-refractivity contribution < 1.29 is 14.3 Å². The van der Waals surface area contributed by atoms with Gasteiger partial charge in [-0.05, 0) is 71.3 Å². The second-order valence-corrected chi connectivity index (χ2v) is 7.59. The lowest BCUT2D eigenvalue weighted by atomic mass is 10.0. The average Bonchev–Trinajstić information content (AvgIpc) is 2.61. The minimum atomic E-state index is -0.661. The first-order chi connectivity index (χ1) is 12.3. The molecule has 2 N–H and O–H groups in total. The van der Waals surface area contributed by atoms with E-state index in [1.165, 1.54) is 7.11 Å². The largest absolute Gasteiger partial charge is 0.496 e. The Morgan fingerprint density at radius 3 is 2.42 bits per heavy atom. The number of ether oxygens (including phenoxy) is 1. The number of aryl methyl sites for hydroxylation is 1. The van der Waals surface area contributed by atoms with Crippen LogP contribution in [0.4, 0.5) is 5.69 Å². The summed E-state index contributed by atoms with van der Waals surface area (Å²) in [6.45, 7) is 5.73. The molecule has 0 heterocycles. The van der Waals surface area contributed by atoms with E-state index in [2.05, 4.69) is 33.2 Å². The minimum Gasteiger partial charge on any atom is -0.496 e. The number of carbonyl (C=O) groups is 2. The molecule has 26 heavy (non-hydrogen) atoms. The van der Waals surface area contributed by atoms with Crippen LogP contribution in [0.25, 0.3) is 0 Å². The molecule has 0 unspecified atom stereocenters. The highest BCUT2D eigenvalue weighted by Gasteiger charge is 2.26. The van der Waals surface area contributed by atoms with Crippen LogP contribution in [-0.4, -0.2) is 25.0 Å². The van der Waals surface area contributed by atoms with Crippen LogP contribution in [0.1, 0.15) is 29.8 Å². The molecule has 1 atom stereocenters. The fraction of sp³-hybridized carbons (Fsp3) is 0.300. The van der Waals surface area contributed by atoms with E-state index in [-0.39, 0.29) is 17.7 Å². The summed E-state index contributed by atoms with van der Waals surface area (Å²) >= 11 is 2.23. The Hall–Kier alpha value is -2.09. The molecule has 2 aromatic rings. The normalized spacial score (nSPS) is 11.8. The highest BCUT2D eigenvalue weighted by molar-refractivity contribution is 14.1. The molecular weight excluding hydrogens is 443 g/mol. The number of hydrogen-bond donors (Lipinski definition) is 2. The molecule has 0 saturated heterocycles. The molecule has 2 rings (SSSR count). The van der Waals surface area contributed by atoms with Gasteiger partial charge in [0.1, 0.15) is 11.8 Å². The highest BCUT2D eigenvalue weighted by Crippen LogP contribution is 2.20. The lowest BCUT2D eigenvalue weighted by Gasteiger charge is -2.22. The number of benzene rings is 2. The molecule has 6 heteroatoms. The van der Waals surface area contributed by atoms with E-state index < -0.39 is 6.04 Å². The van der Waals surface area contributed by atoms with Crippen LogP contribution in [0.3, 0.4) is 0 Å². The van der Waals surface area contributed by atoms with Gasteiger partial charge >= 0.3 is 0 Å². The van der Waals surface area contributed by atoms with Gasteiger partial charge in [-0.25, -0.2) is 0 Å². The third-order valence-corrected chi connectivity index (χ3v) is 4.70. The number of anilines is 1.